The number of carboxylic acids is 1. The number of hydrogen-bond acceptors (Lipinski definition) is 5. The molecule has 0 saturated carbocycles. The SMILES string of the molecule is C[C@H](N)C(=O)N1CCC[C@H]1C(=O)N1CCC[C@H]1C(=O)N1CCC[C@H]1C(=O)O. The first-order chi connectivity index (χ1) is 12.8. The first-order valence-electron chi connectivity index (χ1n) is 9.72. The van der Waals surface area contributed by atoms with Gasteiger partial charge in [-0.2, -0.15) is 0 Å². The molecular formula is C18H28N4O5. The lowest BCUT2D eigenvalue weighted by atomic mass is 10.1. The van der Waals surface area contributed by atoms with Crippen molar-refractivity contribution < 1.29 is 24.3 Å². The lowest BCUT2D eigenvalue weighted by Crippen LogP contribution is -2.56. The molecule has 3 rings (SSSR count). The minimum Gasteiger partial charge on any atom is -0.480 e. The summed E-state index contributed by atoms with van der Waals surface area (Å²) in [5, 5.41) is 9.34. The molecular weight excluding hydrogens is 352 g/mol. The van der Waals surface area contributed by atoms with Gasteiger partial charge in [-0.05, 0) is 45.4 Å². The van der Waals surface area contributed by atoms with Gasteiger partial charge in [0.05, 0.1) is 6.04 Å². The third-order valence-corrected chi connectivity index (χ3v) is 5.85. The molecule has 9 heteroatoms. The lowest BCUT2D eigenvalue weighted by molar-refractivity contribution is -0.153. The molecule has 0 aromatic heterocycles. The average molecular weight is 380 g/mol. The minimum absolute atomic E-state index is 0.219. The molecule has 0 bridgehead atoms. The van der Waals surface area contributed by atoms with Gasteiger partial charge >= 0.3 is 5.97 Å². The Balaban J connectivity index is 1.74. The second kappa shape index (κ2) is 7.84. The molecule has 0 spiro atoms. The molecule has 0 unspecified atom stereocenters. The van der Waals surface area contributed by atoms with Crippen molar-refractivity contribution in [3.8, 4) is 0 Å². The van der Waals surface area contributed by atoms with E-state index in [1.54, 1.807) is 11.8 Å². The number of hydrogen-bond donors (Lipinski definition) is 2. The lowest BCUT2D eigenvalue weighted by Gasteiger charge is -2.33. The van der Waals surface area contributed by atoms with Gasteiger partial charge in [0, 0.05) is 19.6 Å². The van der Waals surface area contributed by atoms with Gasteiger partial charge in [-0.3, -0.25) is 14.4 Å². The first-order valence-corrected chi connectivity index (χ1v) is 9.72. The summed E-state index contributed by atoms with van der Waals surface area (Å²) >= 11 is 0. The van der Waals surface area contributed by atoms with Crippen molar-refractivity contribution in [1.29, 1.82) is 0 Å². The Kier molecular flexibility index (Phi) is 5.69. The standard InChI is InChI=1S/C18H28N4O5/c1-11(19)15(23)20-8-2-5-12(20)16(24)21-9-3-6-13(21)17(25)22-10-4-7-14(22)18(26)27/h11-14H,2-10,19H2,1H3,(H,26,27)/t11-,12-,13-,14-/m0/s1. The Morgan fingerprint density at radius 2 is 1.22 bits per heavy atom. The van der Waals surface area contributed by atoms with Gasteiger partial charge in [-0.15, -0.1) is 0 Å². The van der Waals surface area contributed by atoms with E-state index in [0.29, 0.717) is 51.7 Å². The summed E-state index contributed by atoms with van der Waals surface area (Å²) in [4.78, 5) is 54.3. The maximum absolute atomic E-state index is 13.1. The molecule has 0 aliphatic carbocycles. The summed E-state index contributed by atoms with van der Waals surface area (Å²) < 4.78 is 0. The monoisotopic (exact) mass is 380 g/mol. The van der Waals surface area contributed by atoms with Crippen molar-refractivity contribution in [2.45, 2.75) is 69.6 Å². The van der Waals surface area contributed by atoms with Gasteiger partial charge < -0.3 is 25.5 Å². The van der Waals surface area contributed by atoms with Gasteiger partial charge in [0.25, 0.3) is 0 Å². The van der Waals surface area contributed by atoms with E-state index in [9.17, 15) is 24.3 Å². The fourth-order valence-electron chi connectivity index (χ4n) is 4.51. The van der Waals surface area contributed by atoms with Crippen molar-refractivity contribution in [2.75, 3.05) is 19.6 Å². The number of nitrogens with zero attached hydrogens (tertiary/aromatic N) is 3. The van der Waals surface area contributed by atoms with Gasteiger partial charge in [0.15, 0.2) is 0 Å². The topological polar surface area (TPSA) is 124 Å². The van der Waals surface area contributed by atoms with Gasteiger partial charge in [-0.25, -0.2) is 4.79 Å². The van der Waals surface area contributed by atoms with Crippen molar-refractivity contribution in [3.05, 3.63) is 0 Å². The first kappa shape index (κ1) is 19.6. The largest absolute Gasteiger partial charge is 0.480 e. The summed E-state index contributed by atoms with van der Waals surface area (Å²) in [6.45, 7) is 2.96. The maximum atomic E-state index is 13.1. The highest BCUT2D eigenvalue weighted by molar-refractivity contribution is 5.95. The van der Waals surface area contributed by atoms with E-state index in [1.165, 1.54) is 9.80 Å². The zero-order valence-electron chi connectivity index (χ0n) is 15.7. The van der Waals surface area contributed by atoms with Crippen molar-refractivity contribution in [1.82, 2.24) is 14.7 Å². The van der Waals surface area contributed by atoms with E-state index < -0.39 is 30.1 Å². The van der Waals surface area contributed by atoms with Crippen molar-refractivity contribution in [3.63, 3.8) is 0 Å². The zero-order valence-corrected chi connectivity index (χ0v) is 15.7. The molecule has 3 N–H and O–H groups in total. The molecule has 3 saturated heterocycles. The molecule has 3 aliphatic heterocycles. The second-order valence-corrected chi connectivity index (χ2v) is 7.70. The van der Waals surface area contributed by atoms with Crippen LogP contribution in [0.3, 0.4) is 0 Å². The average Bonchev–Trinajstić information content (AvgIpc) is 3.39. The highest BCUT2D eigenvalue weighted by Gasteiger charge is 2.45. The number of carbonyl (C=O) groups is 4. The molecule has 0 aromatic carbocycles. The predicted octanol–water partition coefficient (Wildman–Crippen LogP) is -0.609. The maximum Gasteiger partial charge on any atom is 0.326 e. The van der Waals surface area contributed by atoms with Gasteiger partial charge in [0.1, 0.15) is 18.1 Å². The molecule has 3 fully saturated rings. The third-order valence-electron chi connectivity index (χ3n) is 5.85. The van der Waals surface area contributed by atoms with E-state index in [-0.39, 0.29) is 17.7 Å². The summed E-state index contributed by atoms with van der Waals surface area (Å²) in [7, 11) is 0. The molecule has 4 atom stereocenters. The van der Waals surface area contributed by atoms with Crippen LogP contribution in [-0.4, -0.2) is 87.3 Å². The quantitative estimate of drug-likeness (QED) is 0.671. The Bertz CT molecular complexity index is 637. The Morgan fingerprint density at radius 3 is 1.70 bits per heavy atom. The van der Waals surface area contributed by atoms with Gasteiger partial charge in [0.2, 0.25) is 17.7 Å². The van der Waals surface area contributed by atoms with Crippen LogP contribution in [0, 0.1) is 0 Å². The number of nitrogens with two attached hydrogens (primary N) is 1. The summed E-state index contributed by atoms with van der Waals surface area (Å²) in [6.07, 6.45) is 3.62. The zero-order chi connectivity index (χ0) is 19.7. The van der Waals surface area contributed by atoms with Crippen LogP contribution >= 0.6 is 0 Å². The molecule has 150 valence electrons. The van der Waals surface area contributed by atoms with E-state index in [4.69, 9.17) is 5.73 Å². The fraction of sp³-hybridized carbons (Fsp3) is 0.778. The van der Waals surface area contributed by atoms with Crippen LogP contribution in [0.15, 0.2) is 0 Å². The Hall–Kier alpha value is -2.16. The van der Waals surface area contributed by atoms with Crippen LogP contribution in [0.5, 0.6) is 0 Å². The molecule has 3 heterocycles. The molecule has 0 aromatic rings. The Labute approximate surface area is 158 Å². The van der Waals surface area contributed by atoms with E-state index >= 15 is 0 Å². The fourth-order valence-corrected chi connectivity index (χ4v) is 4.51. The van der Waals surface area contributed by atoms with E-state index in [2.05, 4.69) is 0 Å². The van der Waals surface area contributed by atoms with Crippen molar-refractivity contribution >= 4 is 23.7 Å². The molecule has 9 nitrogen and oxygen atoms in total. The molecule has 27 heavy (non-hydrogen) atoms. The van der Waals surface area contributed by atoms with Crippen LogP contribution in [0.4, 0.5) is 0 Å². The number of aliphatic carboxylic acids is 1. The molecule has 3 aliphatic rings. The van der Waals surface area contributed by atoms with E-state index in [1.807, 2.05) is 0 Å². The highest BCUT2D eigenvalue weighted by Crippen LogP contribution is 2.28. The summed E-state index contributed by atoms with van der Waals surface area (Å²) in [6, 6.07) is -2.69. The summed E-state index contributed by atoms with van der Waals surface area (Å²) in [5.41, 5.74) is 5.70. The third kappa shape index (κ3) is 3.65. The van der Waals surface area contributed by atoms with Crippen LogP contribution < -0.4 is 5.73 Å². The number of carboxylic acid groups (broad SMARTS) is 1. The normalized spacial score (nSPS) is 29.3. The molecule has 3 amide bonds. The van der Waals surface area contributed by atoms with Gasteiger partial charge in [-0.1, -0.05) is 0 Å². The van der Waals surface area contributed by atoms with E-state index in [0.717, 1.165) is 6.42 Å². The summed E-state index contributed by atoms with van der Waals surface area (Å²) in [5.74, 6) is -1.75. The second-order valence-electron chi connectivity index (χ2n) is 7.70. The predicted molar refractivity (Wildman–Crippen MR) is 95.5 cm³/mol. The number of carbonyl (C=O) groups excluding carboxylic acids is 3. The minimum atomic E-state index is -0.999. The molecule has 0 radical (unpaired) electrons. The number of rotatable bonds is 4. The van der Waals surface area contributed by atoms with Crippen LogP contribution in [0.25, 0.3) is 0 Å². The van der Waals surface area contributed by atoms with Crippen LogP contribution in [0.1, 0.15) is 45.4 Å². The Morgan fingerprint density at radius 1 is 0.815 bits per heavy atom. The highest BCUT2D eigenvalue weighted by atomic mass is 16.4. The number of likely N-dealkylation sites (tertiary alicyclic amines) is 3. The van der Waals surface area contributed by atoms with Crippen LogP contribution in [0.2, 0.25) is 0 Å². The van der Waals surface area contributed by atoms with Crippen molar-refractivity contribution in [2.24, 2.45) is 5.73 Å². The van der Waals surface area contributed by atoms with Crippen LogP contribution in [-0.2, 0) is 19.2 Å². The smallest absolute Gasteiger partial charge is 0.326 e. The number of amides is 3.